The molecule has 0 radical (unpaired) electrons. The molecule has 3 aliphatic rings. The maximum Gasteiger partial charge on any atom is 0.164 e. The van der Waals surface area contributed by atoms with Crippen LogP contribution in [0.15, 0.2) is 36.4 Å². The quantitative estimate of drug-likeness (QED) is 0.831. The van der Waals surface area contributed by atoms with Crippen LogP contribution in [0.5, 0.6) is 28.7 Å². The molecule has 3 heterocycles. The van der Waals surface area contributed by atoms with Crippen molar-refractivity contribution in [3.8, 4) is 28.7 Å². The Hall–Kier alpha value is -2.82. The lowest BCUT2D eigenvalue weighted by Gasteiger charge is -2.28. The van der Waals surface area contributed by atoms with Crippen molar-refractivity contribution < 1.29 is 24.1 Å². The molecule has 0 aromatic heterocycles. The fraction of sp³-hybridized carbons (Fsp3) is 0.333. The normalized spacial score (nSPS) is 24.3. The molecule has 0 aliphatic carbocycles. The van der Waals surface area contributed by atoms with E-state index in [1.165, 1.54) is 7.11 Å². The fourth-order valence-corrected chi connectivity index (χ4v) is 4.05. The number of rotatable bonds is 2. The molecule has 0 saturated carbocycles. The first-order valence-corrected chi connectivity index (χ1v) is 8.74. The molecule has 5 nitrogen and oxygen atoms in total. The lowest BCUT2D eigenvalue weighted by Crippen LogP contribution is -2.23. The maximum atomic E-state index is 10.1. The molecule has 2 aromatic rings. The third-order valence-corrected chi connectivity index (χ3v) is 5.47. The zero-order valence-electron chi connectivity index (χ0n) is 14.7. The summed E-state index contributed by atoms with van der Waals surface area (Å²) in [5.41, 5.74) is 4.15. The van der Waals surface area contributed by atoms with E-state index in [9.17, 15) is 5.11 Å². The van der Waals surface area contributed by atoms with E-state index in [2.05, 4.69) is 12.6 Å². The van der Waals surface area contributed by atoms with Gasteiger partial charge in [0.05, 0.1) is 19.6 Å². The molecule has 134 valence electrons. The van der Waals surface area contributed by atoms with Crippen molar-refractivity contribution in [2.24, 2.45) is 0 Å². The van der Waals surface area contributed by atoms with Gasteiger partial charge in [-0.05, 0) is 30.2 Å². The molecule has 5 rings (SSSR count). The zero-order chi connectivity index (χ0) is 18.0. The van der Waals surface area contributed by atoms with Crippen LogP contribution in [-0.4, -0.2) is 24.9 Å². The third-order valence-electron chi connectivity index (χ3n) is 5.47. The van der Waals surface area contributed by atoms with Gasteiger partial charge in [0.25, 0.3) is 0 Å². The Kier molecular flexibility index (Phi) is 3.17. The van der Waals surface area contributed by atoms with Crippen LogP contribution in [0, 0.1) is 0 Å². The molecule has 5 heteroatoms. The standard InChI is InChI=1S/C21H20O5/c1-10(2)16-5-11-4-13-18(7-17(11)25-16)24-9-14-12-6-15(22)20(23-3)8-19(12)26-21(13)14/h4,6-8,14,16,21-22H,1,5,9H2,2-3H3/t14-,16+,21-/m0/s1. The van der Waals surface area contributed by atoms with Gasteiger partial charge in [0, 0.05) is 29.7 Å². The average molecular weight is 352 g/mol. The second-order valence-corrected chi connectivity index (χ2v) is 7.17. The van der Waals surface area contributed by atoms with Crippen molar-refractivity contribution in [2.45, 2.75) is 31.5 Å². The van der Waals surface area contributed by atoms with Crippen LogP contribution >= 0.6 is 0 Å². The van der Waals surface area contributed by atoms with Gasteiger partial charge < -0.3 is 24.1 Å². The summed E-state index contributed by atoms with van der Waals surface area (Å²) >= 11 is 0. The SMILES string of the molecule is C=C(C)[C@H]1Cc2cc3c(cc2O1)OC[C@H]1c2cc(O)c(OC)cc2O[C@@H]31. The highest BCUT2D eigenvalue weighted by atomic mass is 16.5. The van der Waals surface area contributed by atoms with Crippen molar-refractivity contribution in [1.82, 2.24) is 0 Å². The van der Waals surface area contributed by atoms with Gasteiger partial charge in [0.2, 0.25) is 0 Å². The summed E-state index contributed by atoms with van der Waals surface area (Å²) in [5.74, 6) is 2.99. The van der Waals surface area contributed by atoms with E-state index in [1.807, 2.05) is 13.0 Å². The molecule has 0 spiro atoms. The third kappa shape index (κ3) is 2.09. The van der Waals surface area contributed by atoms with Gasteiger partial charge in [-0.1, -0.05) is 6.58 Å². The highest BCUT2D eigenvalue weighted by Crippen LogP contribution is 2.54. The van der Waals surface area contributed by atoms with Gasteiger partial charge >= 0.3 is 0 Å². The minimum Gasteiger partial charge on any atom is -0.504 e. The number of benzene rings is 2. The molecule has 26 heavy (non-hydrogen) atoms. The summed E-state index contributed by atoms with van der Waals surface area (Å²) in [4.78, 5) is 0. The minimum atomic E-state index is -0.130. The van der Waals surface area contributed by atoms with Gasteiger partial charge in [-0.3, -0.25) is 0 Å². The van der Waals surface area contributed by atoms with Crippen molar-refractivity contribution in [3.05, 3.63) is 53.1 Å². The van der Waals surface area contributed by atoms with E-state index in [4.69, 9.17) is 18.9 Å². The molecule has 2 aromatic carbocycles. The summed E-state index contributed by atoms with van der Waals surface area (Å²) in [5, 5.41) is 10.1. The Labute approximate surface area is 151 Å². The Morgan fingerprint density at radius 2 is 1.96 bits per heavy atom. The Morgan fingerprint density at radius 3 is 2.73 bits per heavy atom. The summed E-state index contributed by atoms with van der Waals surface area (Å²) in [6, 6.07) is 7.57. The first-order valence-electron chi connectivity index (χ1n) is 8.74. The predicted octanol–water partition coefficient (Wildman–Crippen LogP) is 3.89. The molecule has 3 aliphatic heterocycles. The van der Waals surface area contributed by atoms with Crippen molar-refractivity contribution in [1.29, 1.82) is 0 Å². The van der Waals surface area contributed by atoms with Crippen LogP contribution in [0.25, 0.3) is 0 Å². The smallest absolute Gasteiger partial charge is 0.164 e. The summed E-state index contributed by atoms with van der Waals surface area (Å²) in [6.07, 6.45) is 0.707. The largest absolute Gasteiger partial charge is 0.504 e. The van der Waals surface area contributed by atoms with Crippen LogP contribution in [0.2, 0.25) is 0 Å². The van der Waals surface area contributed by atoms with Gasteiger partial charge in [-0.15, -0.1) is 0 Å². The molecular weight excluding hydrogens is 332 g/mol. The fourth-order valence-electron chi connectivity index (χ4n) is 4.05. The van der Waals surface area contributed by atoms with E-state index >= 15 is 0 Å². The lowest BCUT2D eigenvalue weighted by atomic mass is 9.88. The number of ether oxygens (including phenoxy) is 4. The number of methoxy groups -OCH3 is 1. The first-order chi connectivity index (χ1) is 12.5. The second kappa shape index (κ2) is 5.34. The molecule has 0 saturated heterocycles. The molecule has 0 amide bonds. The Morgan fingerprint density at radius 1 is 1.12 bits per heavy atom. The van der Waals surface area contributed by atoms with E-state index in [1.54, 1.807) is 12.1 Å². The van der Waals surface area contributed by atoms with Crippen LogP contribution in [0.1, 0.15) is 35.6 Å². The highest BCUT2D eigenvalue weighted by molar-refractivity contribution is 5.58. The Balaban J connectivity index is 1.54. The lowest BCUT2D eigenvalue weighted by molar-refractivity contribution is 0.139. The highest BCUT2D eigenvalue weighted by Gasteiger charge is 2.42. The average Bonchev–Trinajstić information content (AvgIpc) is 3.19. The number of phenolic OH excluding ortho intramolecular Hbond substituents is 1. The van der Waals surface area contributed by atoms with Crippen LogP contribution < -0.4 is 18.9 Å². The minimum absolute atomic E-state index is 0.0209. The Bertz CT molecular complexity index is 932. The monoisotopic (exact) mass is 352 g/mol. The van der Waals surface area contributed by atoms with Crippen LogP contribution in [-0.2, 0) is 6.42 Å². The second-order valence-electron chi connectivity index (χ2n) is 7.17. The van der Waals surface area contributed by atoms with E-state index < -0.39 is 0 Å². The van der Waals surface area contributed by atoms with Gasteiger partial charge in [-0.25, -0.2) is 0 Å². The molecule has 0 unspecified atom stereocenters. The predicted molar refractivity (Wildman–Crippen MR) is 95.6 cm³/mol. The van der Waals surface area contributed by atoms with Gasteiger partial charge in [0.15, 0.2) is 11.5 Å². The molecular formula is C21H20O5. The van der Waals surface area contributed by atoms with Crippen molar-refractivity contribution in [3.63, 3.8) is 0 Å². The maximum absolute atomic E-state index is 10.1. The summed E-state index contributed by atoms with van der Waals surface area (Å²) in [6.45, 7) is 6.49. The van der Waals surface area contributed by atoms with Crippen molar-refractivity contribution >= 4 is 0 Å². The van der Waals surface area contributed by atoms with Gasteiger partial charge in [-0.2, -0.15) is 0 Å². The van der Waals surface area contributed by atoms with Crippen LogP contribution in [0.4, 0.5) is 0 Å². The number of phenols is 1. The topological polar surface area (TPSA) is 57.2 Å². The van der Waals surface area contributed by atoms with Crippen LogP contribution in [0.3, 0.4) is 0 Å². The summed E-state index contributed by atoms with van der Waals surface area (Å²) in [7, 11) is 1.53. The van der Waals surface area contributed by atoms with Crippen molar-refractivity contribution in [2.75, 3.05) is 13.7 Å². The van der Waals surface area contributed by atoms with E-state index in [0.717, 1.165) is 45.9 Å². The number of hydrogen-bond donors (Lipinski definition) is 1. The van der Waals surface area contributed by atoms with E-state index in [-0.39, 0.29) is 23.9 Å². The zero-order valence-corrected chi connectivity index (χ0v) is 14.7. The number of fused-ring (bicyclic) bond motifs is 6. The molecule has 3 atom stereocenters. The molecule has 0 fully saturated rings. The number of hydrogen-bond acceptors (Lipinski definition) is 5. The number of aromatic hydroxyl groups is 1. The van der Waals surface area contributed by atoms with E-state index in [0.29, 0.717) is 12.4 Å². The molecule has 1 N–H and O–H groups in total. The first kappa shape index (κ1) is 15.4. The molecule has 0 bridgehead atoms. The summed E-state index contributed by atoms with van der Waals surface area (Å²) < 4.78 is 23.4. The van der Waals surface area contributed by atoms with Gasteiger partial charge in [0.1, 0.15) is 29.5 Å².